The highest BCUT2D eigenvalue weighted by Gasteiger charge is 2.06. The molecule has 0 unspecified atom stereocenters. The fraction of sp³-hybridized carbons (Fsp3) is 0.154. The number of benzene rings is 1. The lowest BCUT2D eigenvalue weighted by Gasteiger charge is -2.08. The Bertz CT molecular complexity index is 509. The second kappa shape index (κ2) is 6.03. The Morgan fingerprint density at radius 2 is 1.72 bits per heavy atom. The topological polar surface area (TPSA) is 24.9 Å². The molecule has 18 heavy (non-hydrogen) atoms. The summed E-state index contributed by atoms with van der Waals surface area (Å²) in [7, 11) is 0. The summed E-state index contributed by atoms with van der Waals surface area (Å²) < 4.78 is 13.2. The molecule has 0 aliphatic rings. The molecule has 1 heterocycles. The predicted molar refractivity (Wildman–Crippen MR) is 72.9 cm³/mol. The lowest BCUT2D eigenvalue weighted by atomic mass is 10.2. The maximum absolute atomic E-state index is 13.2. The summed E-state index contributed by atoms with van der Waals surface area (Å²) in [6.07, 6.45) is 4.34. The van der Waals surface area contributed by atoms with Crippen LogP contribution in [-0.4, -0.2) is 11.5 Å². The summed E-state index contributed by atoms with van der Waals surface area (Å²) in [6.45, 7) is 0.711. The number of pyridine rings is 1. The first kappa shape index (κ1) is 13.1. The van der Waals surface area contributed by atoms with Gasteiger partial charge in [0.1, 0.15) is 0 Å². The van der Waals surface area contributed by atoms with Gasteiger partial charge in [-0.05, 0) is 36.2 Å². The van der Waals surface area contributed by atoms with Crippen molar-refractivity contribution in [2.24, 2.45) is 0 Å². The van der Waals surface area contributed by atoms with Crippen LogP contribution in [0.3, 0.4) is 0 Å². The standard InChI is InChI=1S/C13H11Cl2FN2/c14-11-7-10(8-12(15)13(11)16)18-6-3-9-1-4-17-5-2-9/h1-2,4-5,7-8,18H,3,6H2. The normalized spacial score (nSPS) is 10.4. The number of anilines is 1. The zero-order valence-corrected chi connectivity index (χ0v) is 11.0. The molecule has 2 rings (SSSR count). The Balaban J connectivity index is 1.95. The lowest BCUT2D eigenvalue weighted by molar-refractivity contribution is 0.629. The summed E-state index contributed by atoms with van der Waals surface area (Å²) >= 11 is 11.4. The molecular formula is C13H11Cl2FN2. The quantitative estimate of drug-likeness (QED) is 0.852. The van der Waals surface area contributed by atoms with E-state index < -0.39 is 5.82 Å². The van der Waals surface area contributed by atoms with E-state index in [0.717, 1.165) is 6.42 Å². The van der Waals surface area contributed by atoms with Crippen LogP contribution in [0, 0.1) is 5.82 Å². The highest BCUT2D eigenvalue weighted by Crippen LogP contribution is 2.27. The van der Waals surface area contributed by atoms with Crippen molar-refractivity contribution in [1.82, 2.24) is 4.98 Å². The zero-order valence-electron chi connectivity index (χ0n) is 9.46. The minimum absolute atomic E-state index is 0.0221. The molecule has 0 saturated carbocycles. The van der Waals surface area contributed by atoms with Gasteiger partial charge in [-0.2, -0.15) is 0 Å². The molecule has 0 aliphatic heterocycles. The minimum Gasteiger partial charge on any atom is -0.385 e. The van der Waals surface area contributed by atoms with E-state index in [1.165, 1.54) is 17.7 Å². The molecule has 0 saturated heterocycles. The molecule has 0 spiro atoms. The number of aromatic nitrogens is 1. The van der Waals surface area contributed by atoms with Crippen LogP contribution in [0.2, 0.25) is 10.0 Å². The molecular weight excluding hydrogens is 274 g/mol. The molecule has 0 fully saturated rings. The number of nitrogens with one attached hydrogen (secondary N) is 1. The van der Waals surface area contributed by atoms with Crippen molar-refractivity contribution in [2.45, 2.75) is 6.42 Å². The van der Waals surface area contributed by atoms with E-state index in [0.29, 0.717) is 12.2 Å². The van der Waals surface area contributed by atoms with Gasteiger partial charge < -0.3 is 5.32 Å². The van der Waals surface area contributed by atoms with Gasteiger partial charge in [-0.3, -0.25) is 4.98 Å². The van der Waals surface area contributed by atoms with Gasteiger partial charge >= 0.3 is 0 Å². The van der Waals surface area contributed by atoms with Crippen LogP contribution >= 0.6 is 23.2 Å². The highest BCUT2D eigenvalue weighted by atomic mass is 35.5. The van der Waals surface area contributed by atoms with Crippen molar-refractivity contribution in [3.8, 4) is 0 Å². The Labute approximate surface area is 115 Å². The SMILES string of the molecule is Fc1c(Cl)cc(NCCc2ccncc2)cc1Cl. The first-order valence-electron chi connectivity index (χ1n) is 5.44. The second-order valence-electron chi connectivity index (χ2n) is 3.79. The molecule has 0 amide bonds. The van der Waals surface area contributed by atoms with E-state index in [4.69, 9.17) is 23.2 Å². The van der Waals surface area contributed by atoms with E-state index in [9.17, 15) is 4.39 Å². The molecule has 94 valence electrons. The predicted octanol–water partition coefficient (Wildman–Crippen LogP) is 4.18. The van der Waals surface area contributed by atoms with Crippen molar-refractivity contribution in [3.63, 3.8) is 0 Å². The van der Waals surface area contributed by atoms with Crippen LogP contribution in [0.4, 0.5) is 10.1 Å². The first-order chi connectivity index (χ1) is 8.66. The molecule has 0 atom stereocenters. The largest absolute Gasteiger partial charge is 0.385 e. The molecule has 0 aliphatic carbocycles. The van der Waals surface area contributed by atoms with Gasteiger partial charge in [0, 0.05) is 24.6 Å². The van der Waals surface area contributed by atoms with Gasteiger partial charge in [-0.25, -0.2) is 4.39 Å². The van der Waals surface area contributed by atoms with Crippen molar-refractivity contribution in [2.75, 3.05) is 11.9 Å². The van der Waals surface area contributed by atoms with E-state index >= 15 is 0 Å². The summed E-state index contributed by atoms with van der Waals surface area (Å²) in [5.74, 6) is -0.585. The molecule has 2 nitrogen and oxygen atoms in total. The van der Waals surface area contributed by atoms with Crippen LogP contribution in [0.5, 0.6) is 0 Å². The number of hydrogen-bond acceptors (Lipinski definition) is 2. The third-order valence-electron chi connectivity index (χ3n) is 2.48. The average molecular weight is 285 g/mol. The fourth-order valence-corrected chi connectivity index (χ4v) is 2.05. The van der Waals surface area contributed by atoms with Crippen molar-refractivity contribution in [3.05, 3.63) is 58.1 Å². The van der Waals surface area contributed by atoms with Crippen molar-refractivity contribution >= 4 is 28.9 Å². The van der Waals surface area contributed by atoms with Crippen LogP contribution in [0.25, 0.3) is 0 Å². The van der Waals surface area contributed by atoms with E-state index in [1.54, 1.807) is 12.4 Å². The van der Waals surface area contributed by atoms with Crippen LogP contribution in [0.15, 0.2) is 36.7 Å². The molecule has 1 aromatic heterocycles. The fourth-order valence-electron chi connectivity index (χ4n) is 1.56. The third-order valence-corrected chi connectivity index (χ3v) is 3.03. The van der Waals surface area contributed by atoms with Crippen LogP contribution in [-0.2, 0) is 6.42 Å². The van der Waals surface area contributed by atoms with E-state index in [1.807, 2.05) is 12.1 Å². The third kappa shape index (κ3) is 3.34. The van der Waals surface area contributed by atoms with Gasteiger partial charge in [-0.1, -0.05) is 23.2 Å². The Morgan fingerprint density at radius 3 is 2.33 bits per heavy atom. The lowest BCUT2D eigenvalue weighted by Crippen LogP contribution is -2.05. The van der Waals surface area contributed by atoms with Gasteiger partial charge in [0.25, 0.3) is 0 Å². The van der Waals surface area contributed by atoms with Crippen molar-refractivity contribution in [1.29, 1.82) is 0 Å². The molecule has 0 bridgehead atoms. The smallest absolute Gasteiger partial charge is 0.160 e. The zero-order chi connectivity index (χ0) is 13.0. The number of halogens is 3. The second-order valence-corrected chi connectivity index (χ2v) is 4.60. The molecule has 5 heteroatoms. The number of nitrogens with zero attached hydrogens (tertiary/aromatic N) is 1. The summed E-state index contributed by atoms with van der Waals surface area (Å²) in [4.78, 5) is 3.95. The summed E-state index contributed by atoms with van der Waals surface area (Å²) in [5, 5.41) is 3.19. The Kier molecular flexibility index (Phi) is 4.39. The Morgan fingerprint density at radius 1 is 1.11 bits per heavy atom. The number of hydrogen-bond donors (Lipinski definition) is 1. The first-order valence-corrected chi connectivity index (χ1v) is 6.20. The Hall–Kier alpha value is -1.32. The van der Waals surface area contributed by atoms with E-state index in [-0.39, 0.29) is 10.0 Å². The number of rotatable bonds is 4. The van der Waals surface area contributed by atoms with Crippen LogP contribution in [0.1, 0.15) is 5.56 Å². The average Bonchev–Trinajstić information content (AvgIpc) is 2.37. The highest BCUT2D eigenvalue weighted by molar-refractivity contribution is 6.35. The maximum atomic E-state index is 13.2. The maximum Gasteiger partial charge on any atom is 0.160 e. The van der Waals surface area contributed by atoms with Gasteiger partial charge in [-0.15, -0.1) is 0 Å². The summed E-state index contributed by atoms with van der Waals surface area (Å²) in [6, 6.07) is 6.95. The monoisotopic (exact) mass is 284 g/mol. The van der Waals surface area contributed by atoms with Crippen LogP contribution < -0.4 is 5.32 Å². The van der Waals surface area contributed by atoms with Crippen molar-refractivity contribution < 1.29 is 4.39 Å². The minimum atomic E-state index is -0.585. The molecule has 2 aromatic rings. The van der Waals surface area contributed by atoms with Gasteiger partial charge in [0.05, 0.1) is 10.0 Å². The summed E-state index contributed by atoms with van der Waals surface area (Å²) in [5.41, 5.74) is 1.89. The van der Waals surface area contributed by atoms with E-state index in [2.05, 4.69) is 10.3 Å². The van der Waals surface area contributed by atoms with Gasteiger partial charge in [0.15, 0.2) is 5.82 Å². The molecule has 0 radical (unpaired) electrons. The molecule has 1 aromatic carbocycles. The molecule has 1 N–H and O–H groups in total. The van der Waals surface area contributed by atoms with Gasteiger partial charge in [0.2, 0.25) is 0 Å².